The highest BCUT2D eigenvalue weighted by Crippen LogP contribution is 2.26. The molecule has 5 heteroatoms. The van der Waals surface area contributed by atoms with Crippen LogP contribution in [0.4, 0.5) is 5.69 Å². The largest absolute Gasteiger partial charge is 0.484 e. The summed E-state index contributed by atoms with van der Waals surface area (Å²) in [5, 5.41) is 2.84. The first kappa shape index (κ1) is 18.7. The summed E-state index contributed by atoms with van der Waals surface area (Å²) in [6.45, 7) is 4.21. The molecule has 0 unspecified atom stereocenters. The number of amides is 1. The number of hydrogen-bond donors (Lipinski definition) is 1. The maximum Gasteiger partial charge on any atom is 0.262 e. The van der Waals surface area contributed by atoms with E-state index >= 15 is 0 Å². The van der Waals surface area contributed by atoms with Crippen molar-refractivity contribution in [1.29, 1.82) is 0 Å². The van der Waals surface area contributed by atoms with Gasteiger partial charge < -0.3 is 14.5 Å². The van der Waals surface area contributed by atoms with Crippen molar-refractivity contribution in [2.75, 3.05) is 11.9 Å². The molecule has 146 valence electrons. The number of hydrogen-bond acceptors (Lipinski definition) is 4. The third kappa shape index (κ3) is 4.46. The fraction of sp³-hybridized carbons (Fsp3) is 0.167. The molecular weight excluding hydrogens is 364 g/mol. The molecule has 0 aliphatic carbocycles. The molecule has 3 aromatic carbocycles. The van der Waals surface area contributed by atoms with E-state index in [2.05, 4.69) is 24.1 Å². The Morgan fingerprint density at radius 2 is 1.79 bits per heavy atom. The van der Waals surface area contributed by atoms with E-state index in [1.807, 2.05) is 54.6 Å². The van der Waals surface area contributed by atoms with Crippen LogP contribution in [0, 0.1) is 0 Å². The van der Waals surface area contributed by atoms with Gasteiger partial charge in [0.05, 0.1) is 0 Å². The maximum atomic E-state index is 12.2. The summed E-state index contributed by atoms with van der Waals surface area (Å²) in [5.41, 5.74) is 4.15. The molecule has 29 heavy (non-hydrogen) atoms. The van der Waals surface area contributed by atoms with Crippen molar-refractivity contribution in [2.24, 2.45) is 0 Å². The van der Waals surface area contributed by atoms with Crippen LogP contribution in [0.5, 0.6) is 5.75 Å². The molecule has 1 N–H and O–H groups in total. The number of fused-ring (bicyclic) bond motifs is 1. The molecule has 0 fully saturated rings. The standard InChI is InChI=1S/C24H22N2O3/c1-16(2)17-8-11-20(12-9-17)28-15-23(27)25-19-10-13-22-21(14-19)26-24(29-22)18-6-4-3-5-7-18/h3-14,16H,15H2,1-2H3,(H,25,27). The van der Waals surface area contributed by atoms with Crippen LogP contribution in [0.3, 0.4) is 0 Å². The van der Waals surface area contributed by atoms with Crippen LogP contribution in [-0.2, 0) is 4.79 Å². The number of nitrogens with zero attached hydrogens (tertiary/aromatic N) is 1. The summed E-state index contributed by atoms with van der Waals surface area (Å²) >= 11 is 0. The van der Waals surface area contributed by atoms with Crippen molar-refractivity contribution < 1.29 is 13.9 Å². The average molecular weight is 386 g/mol. The van der Waals surface area contributed by atoms with Gasteiger partial charge in [-0.25, -0.2) is 4.98 Å². The Bertz CT molecular complexity index is 1120. The van der Waals surface area contributed by atoms with Gasteiger partial charge in [-0.3, -0.25) is 4.79 Å². The fourth-order valence-electron chi connectivity index (χ4n) is 3.00. The fourth-order valence-corrected chi connectivity index (χ4v) is 3.00. The predicted molar refractivity (Wildman–Crippen MR) is 114 cm³/mol. The zero-order valence-corrected chi connectivity index (χ0v) is 16.4. The SMILES string of the molecule is CC(C)c1ccc(OCC(=O)Nc2ccc3oc(-c4ccccc4)nc3c2)cc1. The quantitative estimate of drug-likeness (QED) is 0.466. The van der Waals surface area contributed by atoms with Gasteiger partial charge >= 0.3 is 0 Å². The summed E-state index contributed by atoms with van der Waals surface area (Å²) in [6.07, 6.45) is 0. The Labute approximate surface area is 169 Å². The van der Waals surface area contributed by atoms with Gasteiger partial charge in [-0.2, -0.15) is 0 Å². The number of benzene rings is 3. The van der Waals surface area contributed by atoms with Gasteiger partial charge in [0.25, 0.3) is 5.91 Å². The van der Waals surface area contributed by atoms with E-state index in [4.69, 9.17) is 9.15 Å². The van der Waals surface area contributed by atoms with E-state index in [0.29, 0.717) is 34.3 Å². The number of carbonyl (C=O) groups is 1. The smallest absolute Gasteiger partial charge is 0.262 e. The Morgan fingerprint density at radius 1 is 1.03 bits per heavy atom. The predicted octanol–water partition coefficient (Wildman–Crippen LogP) is 5.64. The highest BCUT2D eigenvalue weighted by Gasteiger charge is 2.10. The van der Waals surface area contributed by atoms with Crippen molar-refractivity contribution in [3.8, 4) is 17.2 Å². The first-order valence-electron chi connectivity index (χ1n) is 9.57. The second-order valence-corrected chi connectivity index (χ2v) is 7.13. The third-order valence-electron chi connectivity index (χ3n) is 4.61. The van der Waals surface area contributed by atoms with Crippen molar-refractivity contribution in [2.45, 2.75) is 19.8 Å². The zero-order chi connectivity index (χ0) is 20.2. The van der Waals surface area contributed by atoms with Gasteiger partial charge in [0, 0.05) is 11.3 Å². The summed E-state index contributed by atoms with van der Waals surface area (Å²) < 4.78 is 11.4. The van der Waals surface area contributed by atoms with Crippen LogP contribution in [0.2, 0.25) is 0 Å². The topological polar surface area (TPSA) is 64.4 Å². The molecule has 1 heterocycles. The Kier molecular flexibility index (Phi) is 5.29. The molecule has 4 aromatic rings. The van der Waals surface area contributed by atoms with Gasteiger partial charge in [0.15, 0.2) is 12.2 Å². The number of oxazole rings is 1. The first-order chi connectivity index (χ1) is 14.1. The molecule has 5 nitrogen and oxygen atoms in total. The van der Waals surface area contributed by atoms with E-state index in [9.17, 15) is 4.79 Å². The lowest BCUT2D eigenvalue weighted by molar-refractivity contribution is -0.118. The Hall–Kier alpha value is -3.60. The van der Waals surface area contributed by atoms with Gasteiger partial charge in [-0.05, 0) is 53.9 Å². The van der Waals surface area contributed by atoms with Crippen molar-refractivity contribution in [3.63, 3.8) is 0 Å². The van der Waals surface area contributed by atoms with Crippen LogP contribution < -0.4 is 10.1 Å². The van der Waals surface area contributed by atoms with Crippen molar-refractivity contribution in [3.05, 3.63) is 78.4 Å². The molecular formula is C24H22N2O3. The number of aromatic nitrogens is 1. The molecule has 0 radical (unpaired) electrons. The molecule has 0 atom stereocenters. The monoisotopic (exact) mass is 386 g/mol. The van der Waals surface area contributed by atoms with Gasteiger partial charge in [-0.1, -0.05) is 44.2 Å². The molecule has 1 amide bonds. The highest BCUT2D eigenvalue weighted by molar-refractivity contribution is 5.94. The van der Waals surface area contributed by atoms with Gasteiger partial charge in [0.1, 0.15) is 11.3 Å². The van der Waals surface area contributed by atoms with Gasteiger partial charge in [0.2, 0.25) is 5.89 Å². The van der Waals surface area contributed by atoms with Crippen LogP contribution in [0.25, 0.3) is 22.6 Å². The van der Waals surface area contributed by atoms with Crippen molar-refractivity contribution in [1.82, 2.24) is 4.98 Å². The van der Waals surface area contributed by atoms with E-state index in [1.165, 1.54) is 5.56 Å². The molecule has 0 spiro atoms. The van der Waals surface area contributed by atoms with E-state index < -0.39 is 0 Å². The van der Waals surface area contributed by atoms with E-state index in [-0.39, 0.29) is 12.5 Å². The zero-order valence-electron chi connectivity index (χ0n) is 16.4. The molecule has 0 saturated heterocycles. The maximum absolute atomic E-state index is 12.2. The molecule has 0 saturated carbocycles. The first-order valence-corrected chi connectivity index (χ1v) is 9.57. The lowest BCUT2D eigenvalue weighted by Crippen LogP contribution is -2.20. The second-order valence-electron chi connectivity index (χ2n) is 7.13. The summed E-state index contributed by atoms with van der Waals surface area (Å²) in [4.78, 5) is 16.8. The second kappa shape index (κ2) is 8.19. The highest BCUT2D eigenvalue weighted by atomic mass is 16.5. The van der Waals surface area contributed by atoms with Crippen LogP contribution in [0.1, 0.15) is 25.3 Å². The van der Waals surface area contributed by atoms with Crippen LogP contribution in [-0.4, -0.2) is 17.5 Å². The number of nitrogens with one attached hydrogen (secondary N) is 1. The minimum atomic E-state index is -0.232. The Morgan fingerprint density at radius 3 is 2.52 bits per heavy atom. The number of carbonyl (C=O) groups excluding carboxylic acids is 1. The summed E-state index contributed by atoms with van der Waals surface area (Å²) in [6, 6.07) is 22.9. The van der Waals surface area contributed by atoms with E-state index in [1.54, 1.807) is 18.2 Å². The Balaban J connectivity index is 1.40. The van der Waals surface area contributed by atoms with Crippen LogP contribution in [0.15, 0.2) is 77.2 Å². The molecule has 1 aromatic heterocycles. The molecule has 4 rings (SSSR count). The molecule has 0 bridgehead atoms. The number of ether oxygens (including phenoxy) is 1. The number of rotatable bonds is 6. The normalized spacial score (nSPS) is 11.0. The lowest BCUT2D eigenvalue weighted by atomic mass is 10.0. The van der Waals surface area contributed by atoms with Crippen LogP contribution >= 0.6 is 0 Å². The molecule has 0 aliphatic heterocycles. The average Bonchev–Trinajstić information content (AvgIpc) is 3.17. The van der Waals surface area contributed by atoms with Gasteiger partial charge in [-0.15, -0.1) is 0 Å². The lowest BCUT2D eigenvalue weighted by Gasteiger charge is -2.09. The molecule has 0 aliphatic rings. The number of anilines is 1. The summed E-state index contributed by atoms with van der Waals surface area (Å²) in [7, 11) is 0. The minimum absolute atomic E-state index is 0.0624. The minimum Gasteiger partial charge on any atom is -0.484 e. The van der Waals surface area contributed by atoms with Crippen molar-refractivity contribution >= 4 is 22.7 Å². The van der Waals surface area contributed by atoms with E-state index in [0.717, 1.165) is 5.56 Å². The summed E-state index contributed by atoms with van der Waals surface area (Å²) in [5.74, 6) is 1.45. The third-order valence-corrected chi connectivity index (χ3v) is 4.61.